The third-order valence-electron chi connectivity index (χ3n) is 5.75. The second-order valence-corrected chi connectivity index (χ2v) is 8.77. The maximum absolute atomic E-state index is 12.5. The first-order valence-electron chi connectivity index (χ1n) is 10.5. The van der Waals surface area contributed by atoms with Gasteiger partial charge in [-0.05, 0) is 72.7 Å². The molecule has 2 aromatic carbocycles. The third-order valence-corrected chi connectivity index (χ3v) is 6.49. The average molecular weight is 459 g/mol. The van der Waals surface area contributed by atoms with E-state index in [1.54, 1.807) is 24.3 Å². The van der Waals surface area contributed by atoms with Crippen LogP contribution in [0.4, 0.5) is 5.69 Å². The Kier molecular flexibility index (Phi) is 6.83. The maximum Gasteiger partial charge on any atom is 0.246 e. The lowest BCUT2D eigenvalue weighted by molar-refractivity contribution is -0.127. The number of ether oxygens (including phenoxy) is 1. The Morgan fingerprint density at radius 3 is 2.68 bits per heavy atom. The lowest BCUT2D eigenvalue weighted by atomic mass is 9.97. The molecule has 2 aliphatic heterocycles. The van der Waals surface area contributed by atoms with E-state index in [1.165, 1.54) is 0 Å². The van der Waals surface area contributed by atoms with E-state index in [9.17, 15) is 9.59 Å². The van der Waals surface area contributed by atoms with Crippen molar-refractivity contribution in [3.05, 3.63) is 63.6 Å². The summed E-state index contributed by atoms with van der Waals surface area (Å²) in [5.74, 6) is 1.31. The maximum atomic E-state index is 12.5. The van der Waals surface area contributed by atoms with Gasteiger partial charge in [0.25, 0.3) is 0 Å². The number of benzene rings is 2. The summed E-state index contributed by atoms with van der Waals surface area (Å²) in [7, 11) is 0. The first-order valence-corrected chi connectivity index (χ1v) is 11.2. The van der Waals surface area contributed by atoms with Gasteiger partial charge in [0.05, 0.1) is 16.7 Å². The van der Waals surface area contributed by atoms with Gasteiger partial charge in [-0.25, -0.2) is 0 Å². The Balaban J connectivity index is 1.24. The molecule has 5 nitrogen and oxygen atoms in total. The summed E-state index contributed by atoms with van der Waals surface area (Å²) >= 11 is 11.9. The van der Waals surface area contributed by atoms with Crippen LogP contribution < -0.4 is 10.1 Å². The zero-order chi connectivity index (χ0) is 21.8. The van der Waals surface area contributed by atoms with E-state index in [0.717, 1.165) is 54.9 Å². The molecule has 0 aromatic heterocycles. The predicted octanol–water partition coefficient (Wildman–Crippen LogP) is 5.21. The Bertz CT molecular complexity index is 1010. The number of rotatable bonds is 5. The lowest BCUT2D eigenvalue weighted by Gasteiger charge is -2.31. The number of nitrogens with one attached hydrogen (secondary N) is 1. The van der Waals surface area contributed by atoms with E-state index in [2.05, 4.69) is 5.32 Å². The highest BCUT2D eigenvalue weighted by atomic mass is 35.5. The molecule has 2 heterocycles. The zero-order valence-electron chi connectivity index (χ0n) is 17.1. The van der Waals surface area contributed by atoms with Crippen molar-refractivity contribution < 1.29 is 14.3 Å². The van der Waals surface area contributed by atoms with Gasteiger partial charge in [0.2, 0.25) is 11.8 Å². The topological polar surface area (TPSA) is 58.6 Å². The summed E-state index contributed by atoms with van der Waals surface area (Å²) < 4.78 is 6.01. The summed E-state index contributed by atoms with van der Waals surface area (Å²) in [4.78, 5) is 25.8. The largest absolute Gasteiger partial charge is 0.493 e. The minimum atomic E-state index is 0.00201. The van der Waals surface area contributed by atoms with Crippen molar-refractivity contribution in [3.63, 3.8) is 0 Å². The van der Waals surface area contributed by atoms with Crippen molar-refractivity contribution in [1.29, 1.82) is 0 Å². The van der Waals surface area contributed by atoms with Crippen LogP contribution in [0.2, 0.25) is 10.0 Å². The third kappa shape index (κ3) is 5.60. The predicted molar refractivity (Wildman–Crippen MR) is 124 cm³/mol. The SMILES string of the molecule is O=C1CCc2cc(OCC3CCN(C(=O)C=Cc4ccc(Cl)c(Cl)c4)CC3)ccc2N1. The fraction of sp³-hybridized carbons (Fsp3) is 0.333. The van der Waals surface area contributed by atoms with Gasteiger partial charge in [-0.1, -0.05) is 29.3 Å². The zero-order valence-corrected chi connectivity index (χ0v) is 18.6. The molecule has 2 amide bonds. The van der Waals surface area contributed by atoms with Crippen molar-refractivity contribution in [3.8, 4) is 5.75 Å². The minimum Gasteiger partial charge on any atom is -0.493 e. The molecule has 1 saturated heterocycles. The Morgan fingerprint density at radius 1 is 1.10 bits per heavy atom. The molecule has 0 aliphatic carbocycles. The molecule has 7 heteroatoms. The molecule has 0 bridgehead atoms. The number of likely N-dealkylation sites (tertiary alicyclic amines) is 1. The summed E-state index contributed by atoms with van der Waals surface area (Å²) in [5.41, 5.74) is 2.84. The first-order chi connectivity index (χ1) is 15.0. The standard InChI is InChI=1S/C24H24Cl2N2O3/c25-20-5-1-16(13-21(20)26)2-8-24(30)28-11-9-17(10-12-28)15-31-19-4-6-22-18(14-19)3-7-23(29)27-22/h1-2,4-6,8,13-14,17H,3,7,9-12,15H2,(H,27,29). The number of aryl methyl sites for hydroxylation is 1. The van der Waals surface area contributed by atoms with Crippen LogP contribution >= 0.6 is 23.2 Å². The molecular weight excluding hydrogens is 435 g/mol. The van der Waals surface area contributed by atoms with Gasteiger partial charge >= 0.3 is 0 Å². The quantitative estimate of drug-likeness (QED) is 0.625. The summed E-state index contributed by atoms with van der Waals surface area (Å²) in [5, 5.41) is 3.85. The van der Waals surface area contributed by atoms with Crippen molar-refractivity contribution >= 4 is 46.8 Å². The van der Waals surface area contributed by atoms with Gasteiger partial charge < -0.3 is 15.0 Å². The van der Waals surface area contributed by atoms with Gasteiger partial charge in [-0.3, -0.25) is 9.59 Å². The molecule has 4 rings (SSSR count). The number of piperidine rings is 1. The van der Waals surface area contributed by atoms with E-state index >= 15 is 0 Å². The van der Waals surface area contributed by atoms with Gasteiger partial charge in [-0.2, -0.15) is 0 Å². The van der Waals surface area contributed by atoms with Crippen molar-refractivity contribution in [2.75, 3.05) is 25.0 Å². The number of carbonyl (C=O) groups excluding carboxylic acids is 2. The number of anilines is 1. The minimum absolute atomic E-state index is 0.00201. The van der Waals surface area contributed by atoms with E-state index < -0.39 is 0 Å². The number of halogens is 2. The van der Waals surface area contributed by atoms with Crippen LogP contribution in [0, 0.1) is 5.92 Å². The van der Waals surface area contributed by atoms with Crippen LogP contribution in [0.25, 0.3) is 6.08 Å². The fourth-order valence-corrected chi connectivity index (χ4v) is 4.18. The molecule has 0 saturated carbocycles. The molecule has 0 unspecified atom stereocenters. The molecule has 1 N–H and O–H groups in total. The number of fused-ring (bicyclic) bond motifs is 1. The highest BCUT2D eigenvalue weighted by Crippen LogP contribution is 2.28. The second-order valence-electron chi connectivity index (χ2n) is 7.95. The van der Waals surface area contributed by atoms with E-state index in [0.29, 0.717) is 29.0 Å². The summed E-state index contributed by atoms with van der Waals surface area (Å²) in [6.07, 6.45) is 6.43. The smallest absolute Gasteiger partial charge is 0.246 e. The molecule has 31 heavy (non-hydrogen) atoms. The number of amides is 2. The van der Waals surface area contributed by atoms with Gasteiger partial charge in [0.15, 0.2) is 0 Å². The van der Waals surface area contributed by atoms with Gasteiger partial charge in [0.1, 0.15) is 5.75 Å². The van der Waals surface area contributed by atoms with Gasteiger partial charge in [0, 0.05) is 31.3 Å². The molecular formula is C24H24Cl2N2O3. The monoisotopic (exact) mass is 458 g/mol. The number of nitrogens with zero attached hydrogens (tertiary/aromatic N) is 1. The molecule has 2 aliphatic rings. The Labute approximate surface area is 192 Å². The first kappa shape index (κ1) is 21.7. The number of carbonyl (C=O) groups is 2. The van der Waals surface area contributed by atoms with Crippen LogP contribution in [-0.4, -0.2) is 36.4 Å². The highest BCUT2D eigenvalue weighted by Gasteiger charge is 2.22. The molecule has 0 radical (unpaired) electrons. The van der Waals surface area contributed by atoms with E-state index in [4.69, 9.17) is 27.9 Å². The van der Waals surface area contributed by atoms with Crippen LogP contribution in [0.5, 0.6) is 5.75 Å². The Hall–Kier alpha value is -2.50. The Morgan fingerprint density at radius 2 is 1.90 bits per heavy atom. The van der Waals surface area contributed by atoms with E-state index in [1.807, 2.05) is 29.2 Å². The average Bonchev–Trinajstić information content (AvgIpc) is 2.78. The van der Waals surface area contributed by atoms with Crippen molar-refractivity contribution in [1.82, 2.24) is 4.90 Å². The van der Waals surface area contributed by atoms with Crippen LogP contribution in [0.1, 0.15) is 30.4 Å². The molecule has 0 spiro atoms. The summed E-state index contributed by atoms with van der Waals surface area (Å²) in [6.45, 7) is 2.07. The van der Waals surface area contributed by atoms with E-state index in [-0.39, 0.29) is 11.8 Å². The van der Waals surface area contributed by atoms with Crippen molar-refractivity contribution in [2.24, 2.45) is 5.92 Å². The van der Waals surface area contributed by atoms with Crippen LogP contribution in [0.15, 0.2) is 42.5 Å². The number of hydrogen-bond acceptors (Lipinski definition) is 3. The summed E-state index contributed by atoms with van der Waals surface area (Å²) in [6, 6.07) is 11.1. The number of hydrogen-bond donors (Lipinski definition) is 1. The highest BCUT2D eigenvalue weighted by molar-refractivity contribution is 6.42. The molecule has 162 valence electrons. The van der Waals surface area contributed by atoms with Crippen molar-refractivity contribution in [2.45, 2.75) is 25.7 Å². The van der Waals surface area contributed by atoms with Crippen LogP contribution in [-0.2, 0) is 16.0 Å². The molecule has 1 fully saturated rings. The second kappa shape index (κ2) is 9.75. The fourth-order valence-electron chi connectivity index (χ4n) is 3.87. The van der Waals surface area contributed by atoms with Crippen LogP contribution in [0.3, 0.4) is 0 Å². The lowest BCUT2D eigenvalue weighted by Crippen LogP contribution is -2.38. The molecule has 0 atom stereocenters. The normalized spacial score (nSPS) is 16.8. The molecule has 2 aromatic rings. The van der Waals surface area contributed by atoms with Gasteiger partial charge in [-0.15, -0.1) is 0 Å².